The van der Waals surface area contributed by atoms with Crippen molar-refractivity contribution >= 4 is 63.6 Å². The van der Waals surface area contributed by atoms with E-state index >= 15 is 0 Å². The fourth-order valence-electron chi connectivity index (χ4n) is 6.25. The van der Waals surface area contributed by atoms with E-state index in [9.17, 15) is 42.5 Å². The summed E-state index contributed by atoms with van der Waals surface area (Å²) in [7, 11) is 0. The predicted octanol–water partition coefficient (Wildman–Crippen LogP) is 6.12. The Morgan fingerprint density at radius 1 is 0.959 bits per heavy atom. The summed E-state index contributed by atoms with van der Waals surface area (Å²) in [5, 5.41) is 12.7. The van der Waals surface area contributed by atoms with Crippen LogP contribution in [0.1, 0.15) is 35.8 Å². The summed E-state index contributed by atoms with van der Waals surface area (Å²) in [5.74, 6) is -3.77. The highest BCUT2D eigenvalue weighted by molar-refractivity contribution is 8.00. The molecule has 3 atom stereocenters. The Kier molecular flexibility index (Phi) is 9.11. The summed E-state index contributed by atoms with van der Waals surface area (Å²) in [6.07, 6.45) is -4.73. The maximum Gasteiger partial charge on any atom is 0.418 e. The number of amides is 3. The number of nitrogens with one attached hydrogen (secondary N) is 1. The Labute approximate surface area is 285 Å². The fraction of sp³-hybridized carbons (Fsp3) is 0.273. The van der Waals surface area contributed by atoms with E-state index in [1.54, 1.807) is 0 Å². The van der Waals surface area contributed by atoms with Crippen molar-refractivity contribution in [3.05, 3.63) is 109 Å². The number of para-hydroxylation sites is 1. The number of aromatic nitrogens is 1. The molecule has 6 rings (SSSR count). The number of thiazole rings is 1. The second-order valence-corrected chi connectivity index (χ2v) is 13.4. The molecule has 1 aromatic heterocycles. The van der Waals surface area contributed by atoms with Crippen molar-refractivity contribution in [3.63, 3.8) is 0 Å². The number of anilines is 3. The fourth-order valence-corrected chi connectivity index (χ4v) is 9.02. The van der Waals surface area contributed by atoms with Crippen LogP contribution in [0.25, 0.3) is 0 Å². The molecule has 0 saturated carbocycles. The first-order chi connectivity index (χ1) is 23.3. The zero-order chi connectivity index (χ0) is 35.2. The molecule has 3 amide bonds. The first-order valence-corrected chi connectivity index (χ1v) is 16.9. The number of carbonyl (C=O) groups is 3. The Morgan fingerprint density at radius 2 is 1.61 bits per heavy atom. The molecule has 3 aromatic carbocycles. The molecule has 1 saturated heterocycles. The molecule has 3 heterocycles. The van der Waals surface area contributed by atoms with Crippen LogP contribution in [-0.2, 0) is 27.1 Å². The topological polar surface area (TPSA) is 135 Å². The van der Waals surface area contributed by atoms with Crippen LogP contribution in [0.3, 0.4) is 0 Å². The number of nitro groups is 1. The monoisotopic (exact) mass is 711 g/mol. The first kappa shape index (κ1) is 33.9. The maximum absolute atomic E-state index is 14.1. The third-order valence-corrected chi connectivity index (χ3v) is 11.2. The molecule has 0 bridgehead atoms. The number of alkyl halides is 3. The number of hydrogen-bond donors (Lipinski definition) is 1. The minimum absolute atomic E-state index is 0.148. The molecule has 1 N–H and O–H groups in total. The van der Waals surface area contributed by atoms with E-state index in [2.05, 4.69) is 10.2 Å². The Morgan fingerprint density at radius 3 is 2.22 bits per heavy atom. The van der Waals surface area contributed by atoms with Gasteiger partial charge in [0.05, 0.1) is 32.8 Å². The average molecular weight is 712 g/mol. The Balaban J connectivity index is 1.40. The molecule has 1 fully saturated rings. The van der Waals surface area contributed by atoms with Gasteiger partial charge in [-0.15, -0.1) is 0 Å². The molecular formula is C33H28F3N5O6S2. The van der Waals surface area contributed by atoms with Crippen LogP contribution in [0.4, 0.5) is 35.9 Å². The van der Waals surface area contributed by atoms with E-state index in [1.807, 2.05) is 38.1 Å². The molecular weight excluding hydrogens is 684 g/mol. The number of nitro benzene ring substituents is 1. The summed E-state index contributed by atoms with van der Waals surface area (Å²) in [6.45, 7) is 4.90. The van der Waals surface area contributed by atoms with Crippen molar-refractivity contribution in [2.45, 2.75) is 42.8 Å². The van der Waals surface area contributed by atoms with Gasteiger partial charge in [-0.3, -0.25) is 33.9 Å². The lowest BCUT2D eigenvalue weighted by Crippen LogP contribution is -2.33. The Bertz CT molecular complexity index is 2010. The molecule has 11 nitrogen and oxygen atoms in total. The highest BCUT2D eigenvalue weighted by Crippen LogP contribution is 2.54. The number of hydrogen-bond acceptors (Lipinski definition) is 9. The number of carbonyl (C=O) groups excluding carboxylic acids is 3. The van der Waals surface area contributed by atoms with Gasteiger partial charge in [-0.1, -0.05) is 47.4 Å². The molecule has 2 aliphatic heterocycles. The largest absolute Gasteiger partial charge is 0.418 e. The van der Waals surface area contributed by atoms with E-state index < -0.39 is 68.6 Å². The van der Waals surface area contributed by atoms with E-state index in [4.69, 9.17) is 0 Å². The summed E-state index contributed by atoms with van der Waals surface area (Å²) < 4.78 is 41.9. The second kappa shape index (κ2) is 13.2. The minimum atomic E-state index is -4.73. The number of benzene rings is 3. The average Bonchev–Trinajstić information content (AvgIpc) is 3.51. The van der Waals surface area contributed by atoms with Gasteiger partial charge in [0.15, 0.2) is 0 Å². The number of halogens is 3. The van der Waals surface area contributed by atoms with Crippen molar-refractivity contribution in [1.29, 1.82) is 0 Å². The van der Waals surface area contributed by atoms with Crippen LogP contribution in [0.15, 0.2) is 82.6 Å². The van der Waals surface area contributed by atoms with Gasteiger partial charge >= 0.3 is 11.0 Å². The lowest BCUT2D eigenvalue weighted by Gasteiger charge is -2.31. The van der Waals surface area contributed by atoms with Crippen LogP contribution in [0, 0.1) is 16.0 Å². The van der Waals surface area contributed by atoms with Crippen molar-refractivity contribution in [1.82, 2.24) is 4.57 Å². The highest BCUT2D eigenvalue weighted by atomic mass is 32.2. The highest BCUT2D eigenvalue weighted by Gasteiger charge is 2.57. The molecule has 0 aliphatic carbocycles. The third kappa shape index (κ3) is 6.21. The number of imide groups is 1. The minimum Gasteiger partial charge on any atom is -0.372 e. The molecule has 0 spiro atoms. The van der Waals surface area contributed by atoms with Gasteiger partial charge in [0.25, 0.3) is 5.69 Å². The normalized spacial score (nSPS) is 18.6. The van der Waals surface area contributed by atoms with Crippen LogP contribution < -0.4 is 20.0 Å². The van der Waals surface area contributed by atoms with Crippen molar-refractivity contribution in [2.24, 2.45) is 5.92 Å². The summed E-state index contributed by atoms with van der Waals surface area (Å²) in [6, 6.07) is 16.9. The van der Waals surface area contributed by atoms with Gasteiger partial charge in [-0.25, -0.2) is 4.90 Å². The molecule has 4 aromatic rings. The molecule has 49 heavy (non-hydrogen) atoms. The van der Waals surface area contributed by atoms with Crippen LogP contribution >= 0.6 is 23.1 Å². The zero-order valence-electron chi connectivity index (χ0n) is 26.0. The van der Waals surface area contributed by atoms with E-state index in [0.717, 1.165) is 63.5 Å². The van der Waals surface area contributed by atoms with Crippen molar-refractivity contribution in [2.75, 3.05) is 28.2 Å². The van der Waals surface area contributed by atoms with Crippen LogP contribution in [-0.4, -0.2) is 45.6 Å². The molecule has 0 radical (unpaired) electrons. The van der Waals surface area contributed by atoms with Gasteiger partial charge in [0.1, 0.15) is 11.8 Å². The van der Waals surface area contributed by atoms with Crippen LogP contribution in [0.2, 0.25) is 0 Å². The van der Waals surface area contributed by atoms with Gasteiger partial charge in [-0.05, 0) is 55.8 Å². The number of thioether (sulfide) groups is 1. The maximum atomic E-state index is 14.1. The summed E-state index contributed by atoms with van der Waals surface area (Å²) in [4.78, 5) is 68.3. The smallest absolute Gasteiger partial charge is 0.372 e. The van der Waals surface area contributed by atoms with E-state index in [-0.39, 0.29) is 16.4 Å². The van der Waals surface area contributed by atoms with Gasteiger partial charge in [-0.2, -0.15) is 13.2 Å². The van der Waals surface area contributed by atoms with Crippen molar-refractivity contribution < 1.29 is 32.5 Å². The van der Waals surface area contributed by atoms with Crippen LogP contribution in [0.5, 0.6) is 0 Å². The standard InChI is InChI=1S/C33H28F3N5O6S2/c1-3-38(4-2)19-11-9-18(10-12-19)25-26-27(30(44)40(29(26)43)20-13-15-21(16-14-20)41(46)47)48-31-28(25)49-32(45)39(31)17-24(42)37-23-8-6-5-7-22(23)33(34,35)36/h5-16,25-27H,3-4,17H2,1-2H3,(H,37,42). The molecule has 3 unspecified atom stereocenters. The number of rotatable bonds is 9. The molecule has 16 heteroatoms. The van der Waals surface area contributed by atoms with E-state index in [0.29, 0.717) is 10.4 Å². The second-order valence-electron chi connectivity index (χ2n) is 11.3. The number of nitrogens with zero attached hydrogens (tertiary/aromatic N) is 4. The number of non-ortho nitro benzene ring substituents is 1. The SMILES string of the molecule is CCN(CC)c1ccc(C2c3sc(=O)n(CC(=O)Nc4ccccc4C(F)(F)F)c3SC3C(=O)N(c4ccc([N+](=O)[O-])cc4)C(=O)C32)cc1. The van der Waals surface area contributed by atoms with Crippen molar-refractivity contribution in [3.8, 4) is 0 Å². The third-order valence-electron chi connectivity index (χ3n) is 8.56. The molecule has 2 aliphatic rings. The first-order valence-electron chi connectivity index (χ1n) is 15.2. The van der Waals surface area contributed by atoms with E-state index in [1.165, 1.54) is 36.4 Å². The summed E-state index contributed by atoms with van der Waals surface area (Å²) in [5.41, 5.74) is -0.00578. The summed E-state index contributed by atoms with van der Waals surface area (Å²) >= 11 is 1.76. The van der Waals surface area contributed by atoms with Gasteiger partial charge in [0, 0.05) is 41.7 Å². The Hall–Kier alpha value is -4.96. The number of fused-ring (bicyclic) bond motifs is 2. The molecule has 254 valence electrons. The predicted molar refractivity (Wildman–Crippen MR) is 179 cm³/mol. The lowest BCUT2D eigenvalue weighted by atomic mass is 9.83. The van der Waals surface area contributed by atoms with Gasteiger partial charge < -0.3 is 10.2 Å². The van der Waals surface area contributed by atoms with Gasteiger partial charge in [0.2, 0.25) is 17.7 Å². The zero-order valence-corrected chi connectivity index (χ0v) is 27.6. The quantitative estimate of drug-likeness (QED) is 0.125. The lowest BCUT2D eigenvalue weighted by molar-refractivity contribution is -0.384.